The lowest BCUT2D eigenvalue weighted by molar-refractivity contribution is -0.244. The molecule has 2 atom stereocenters. The number of hydrogen-bond acceptors (Lipinski definition) is 5. The minimum Gasteiger partial charge on any atom is -0.422 e. The number of ketones is 1. The molecule has 22 heavy (non-hydrogen) atoms. The Morgan fingerprint density at radius 1 is 1.05 bits per heavy atom. The highest BCUT2D eigenvalue weighted by atomic mass is 16.7. The van der Waals surface area contributed by atoms with Gasteiger partial charge < -0.3 is 9.47 Å². The van der Waals surface area contributed by atoms with Gasteiger partial charge in [0.05, 0.1) is 5.92 Å². The predicted octanol–water partition coefficient (Wildman–Crippen LogP) is 2.12. The number of esters is 2. The van der Waals surface area contributed by atoms with E-state index in [2.05, 4.69) is 0 Å². The van der Waals surface area contributed by atoms with Crippen molar-refractivity contribution in [2.45, 2.75) is 39.4 Å². The molecule has 1 heterocycles. The molecule has 5 heteroatoms. The van der Waals surface area contributed by atoms with Crippen LogP contribution in [0.1, 0.15) is 37.8 Å². The highest BCUT2D eigenvalue weighted by molar-refractivity contribution is 6.13. The first kappa shape index (κ1) is 14.8. The fraction of sp³-hybridized carbons (Fsp3) is 0.471. The third-order valence-corrected chi connectivity index (χ3v) is 4.43. The van der Waals surface area contributed by atoms with Crippen LogP contribution in [0, 0.1) is 18.3 Å². The monoisotopic (exact) mass is 302 g/mol. The molecule has 0 unspecified atom stereocenters. The van der Waals surface area contributed by atoms with Crippen LogP contribution < -0.4 is 0 Å². The van der Waals surface area contributed by atoms with E-state index in [0.29, 0.717) is 0 Å². The fourth-order valence-electron chi connectivity index (χ4n) is 3.40. The van der Waals surface area contributed by atoms with E-state index in [1.807, 2.05) is 31.2 Å². The van der Waals surface area contributed by atoms with Crippen molar-refractivity contribution < 1.29 is 23.9 Å². The number of hydrogen-bond donors (Lipinski definition) is 0. The number of Topliss-reactive ketones (excluding diaryl/α,β-unsaturated/α-hetero) is 1. The first-order valence-electron chi connectivity index (χ1n) is 7.24. The number of cyclic esters (lactones) is 2. The molecule has 1 aliphatic carbocycles. The van der Waals surface area contributed by atoms with Crippen molar-refractivity contribution in [2.75, 3.05) is 0 Å². The maximum absolute atomic E-state index is 12.5. The molecule has 2 aliphatic rings. The number of carbonyl (C=O) groups excluding carboxylic acids is 3. The van der Waals surface area contributed by atoms with Crippen molar-refractivity contribution >= 4 is 17.7 Å². The third kappa shape index (κ3) is 1.88. The van der Waals surface area contributed by atoms with Crippen LogP contribution in [0.25, 0.3) is 0 Å². The van der Waals surface area contributed by atoms with E-state index in [1.165, 1.54) is 20.8 Å². The molecular weight excluding hydrogens is 284 g/mol. The molecule has 116 valence electrons. The first-order valence-corrected chi connectivity index (χ1v) is 7.24. The molecule has 1 aromatic carbocycles. The molecule has 0 radical (unpaired) electrons. The second kappa shape index (κ2) is 4.41. The van der Waals surface area contributed by atoms with Crippen LogP contribution in [0.2, 0.25) is 0 Å². The average Bonchev–Trinajstić information content (AvgIpc) is 3.08. The molecule has 0 bridgehead atoms. The van der Waals surface area contributed by atoms with Crippen molar-refractivity contribution in [1.29, 1.82) is 0 Å². The summed E-state index contributed by atoms with van der Waals surface area (Å²) in [6, 6.07) is 7.46. The SMILES string of the molecule is CC(=O)[C@H]1[C@@H](c2ccc(C)cc2)C12C(=O)OC(C)(C)OC2=O. The maximum atomic E-state index is 12.5. The van der Waals surface area contributed by atoms with E-state index in [4.69, 9.17) is 9.47 Å². The summed E-state index contributed by atoms with van der Waals surface area (Å²) in [4.78, 5) is 37.0. The Balaban J connectivity index is 2.05. The Labute approximate surface area is 128 Å². The molecule has 1 saturated heterocycles. The lowest BCUT2D eigenvalue weighted by Gasteiger charge is -2.33. The number of ether oxygens (including phenoxy) is 2. The zero-order valence-electron chi connectivity index (χ0n) is 13.0. The fourth-order valence-corrected chi connectivity index (χ4v) is 3.40. The van der Waals surface area contributed by atoms with Crippen LogP contribution in [0.4, 0.5) is 0 Å². The molecule has 1 aromatic rings. The highest BCUT2D eigenvalue weighted by Crippen LogP contribution is 2.68. The lowest BCUT2D eigenvalue weighted by atomic mass is 9.96. The van der Waals surface area contributed by atoms with Gasteiger partial charge in [-0.05, 0) is 19.4 Å². The Bertz CT molecular complexity index is 651. The zero-order chi connectivity index (χ0) is 16.3. The quantitative estimate of drug-likeness (QED) is 0.618. The summed E-state index contributed by atoms with van der Waals surface area (Å²) in [6.07, 6.45) is 0. The van der Waals surface area contributed by atoms with Gasteiger partial charge in [-0.2, -0.15) is 0 Å². The zero-order valence-corrected chi connectivity index (χ0v) is 13.0. The van der Waals surface area contributed by atoms with Crippen molar-refractivity contribution in [3.05, 3.63) is 35.4 Å². The van der Waals surface area contributed by atoms with Crippen molar-refractivity contribution in [3.8, 4) is 0 Å². The van der Waals surface area contributed by atoms with Crippen molar-refractivity contribution in [2.24, 2.45) is 11.3 Å². The van der Waals surface area contributed by atoms with E-state index in [-0.39, 0.29) is 5.78 Å². The summed E-state index contributed by atoms with van der Waals surface area (Å²) in [7, 11) is 0. The molecule has 3 rings (SSSR count). The molecule has 1 spiro atoms. The minimum atomic E-state index is -1.52. The summed E-state index contributed by atoms with van der Waals surface area (Å²) in [5.74, 6) is -4.06. The van der Waals surface area contributed by atoms with Gasteiger partial charge in [-0.25, -0.2) is 0 Å². The van der Waals surface area contributed by atoms with E-state index in [9.17, 15) is 14.4 Å². The van der Waals surface area contributed by atoms with E-state index >= 15 is 0 Å². The molecule has 5 nitrogen and oxygen atoms in total. The summed E-state index contributed by atoms with van der Waals surface area (Å²) >= 11 is 0. The Morgan fingerprint density at radius 2 is 1.55 bits per heavy atom. The van der Waals surface area contributed by atoms with Gasteiger partial charge >= 0.3 is 11.9 Å². The van der Waals surface area contributed by atoms with Crippen LogP contribution in [0.15, 0.2) is 24.3 Å². The van der Waals surface area contributed by atoms with Crippen molar-refractivity contribution in [1.82, 2.24) is 0 Å². The summed E-state index contributed by atoms with van der Waals surface area (Å²) in [5, 5.41) is 0. The van der Waals surface area contributed by atoms with Gasteiger partial charge in [0.1, 0.15) is 5.78 Å². The normalized spacial score (nSPS) is 28.0. The highest BCUT2D eigenvalue weighted by Gasteiger charge is 2.81. The van der Waals surface area contributed by atoms with Gasteiger partial charge in [0.25, 0.3) is 5.79 Å². The molecule has 0 aromatic heterocycles. The number of benzene rings is 1. The Kier molecular flexibility index (Phi) is 2.96. The third-order valence-electron chi connectivity index (χ3n) is 4.43. The molecule has 1 saturated carbocycles. The van der Waals surface area contributed by atoms with Crippen LogP contribution >= 0.6 is 0 Å². The number of rotatable bonds is 2. The molecular formula is C17H18O5. The van der Waals surface area contributed by atoms with Gasteiger partial charge in [-0.15, -0.1) is 0 Å². The predicted molar refractivity (Wildman–Crippen MR) is 76.8 cm³/mol. The smallest absolute Gasteiger partial charge is 0.328 e. The van der Waals surface area contributed by atoms with Crippen molar-refractivity contribution in [3.63, 3.8) is 0 Å². The number of carbonyl (C=O) groups is 3. The molecule has 2 fully saturated rings. The van der Waals surface area contributed by atoms with E-state index < -0.39 is 35.0 Å². The second-order valence-electron chi connectivity index (χ2n) is 6.52. The topological polar surface area (TPSA) is 69.7 Å². The second-order valence-corrected chi connectivity index (χ2v) is 6.52. The van der Waals surface area contributed by atoms with E-state index in [1.54, 1.807) is 0 Å². The van der Waals surface area contributed by atoms with Gasteiger partial charge in [-0.3, -0.25) is 14.4 Å². The molecule has 1 aliphatic heterocycles. The standard InChI is InChI=1S/C17H18O5/c1-9-5-7-11(8-6-9)13-12(10(2)18)17(13)14(19)21-16(3,4)22-15(17)20/h5-8,12-13H,1-4H3/t12-,13+/m0/s1. The minimum absolute atomic E-state index is 0.209. The van der Waals surface area contributed by atoms with Gasteiger partial charge in [0.2, 0.25) is 0 Å². The first-order chi connectivity index (χ1) is 10.2. The summed E-state index contributed by atoms with van der Waals surface area (Å²) in [6.45, 7) is 6.34. The summed E-state index contributed by atoms with van der Waals surface area (Å²) < 4.78 is 10.5. The molecule has 0 N–H and O–H groups in total. The number of aryl methyl sites for hydroxylation is 1. The maximum Gasteiger partial charge on any atom is 0.328 e. The van der Waals surface area contributed by atoms with E-state index in [0.717, 1.165) is 11.1 Å². The Morgan fingerprint density at radius 3 is 2.00 bits per heavy atom. The van der Waals surface area contributed by atoms with Crippen LogP contribution in [-0.2, 0) is 23.9 Å². The molecule has 0 amide bonds. The van der Waals surface area contributed by atoms with Gasteiger partial charge in [-0.1, -0.05) is 29.8 Å². The average molecular weight is 302 g/mol. The van der Waals surface area contributed by atoms with Gasteiger partial charge in [0.15, 0.2) is 5.41 Å². The Hall–Kier alpha value is -2.17. The van der Waals surface area contributed by atoms with Crippen LogP contribution in [0.3, 0.4) is 0 Å². The largest absolute Gasteiger partial charge is 0.422 e. The van der Waals surface area contributed by atoms with Gasteiger partial charge in [0, 0.05) is 19.8 Å². The van der Waals surface area contributed by atoms with Crippen LogP contribution in [0.5, 0.6) is 0 Å². The lowest BCUT2D eigenvalue weighted by Crippen LogP contribution is -2.49. The summed E-state index contributed by atoms with van der Waals surface area (Å²) in [5.41, 5.74) is 0.323. The van der Waals surface area contributed by atoms with Crippen LogP contribution in [-0.4, -0.2) is 23.5 Å².